The molecule has 1 amide bonds. The highest BCUT2D eigenvalue weighted by atomic mass is 32.2. The van der Waals surface area contributed by atoms with Crippen LogP contribution in [0.5, 0.6) is 0 Å². The molecule has 0 unspecified atom stereocenters. The number of amides is 1. The van der Waals surface area contributed by atoms with Gasteiger partial charge in [0, 0.05) is 18.8 Å². The molecule has 0 aliphatic rings. The zero-order chi connectivity index (χ0) is 21.8. The fourth-order valence-corrected chi connectivity index (χ4v) is 3.90. The van der Waals surface area contributed by atoms with Crippen molar-refractivity contribution in [1.82, 2.24) is 4.31 Å². The number of sulfonamides is 1. The van der Waals surface area contributed by atoms with Gasteiger partial charge in [-0.2, -0.15) is 4.31 Å². The minimum absolute atomic E-state index is 0.132. The number of benzene rings is 2. The zero-order valence-corrected chi connectivity index (χ0v) is 18.0. The normalized spacial score (nSPS) is 11.6. The summed E-state index contributed by atoms with van der Waals surface area (Å²) in [5, 5.41) is 2.58. The summed E-state index contributed by atoms with van der Waals surface area (Å²) in [4.78, 5) is 24.4. The van der Waals surface area contributed by atoms with Crippen molar-refractivity contribution in [2.75, 3.05) is 19.0 Å². The summed E-state index contributed by atoms with van der Waals surface area (Å²) in [6.07, 6.45) is 0. The molecule has 0 saturated heterocycles. The third-order valence-corrected chi connectivity index (χ3v) is 6.75. The molecule has 0 radical (unpaired) electrons. The lowest BCUT2D eigenvalue weighted by Crippen LogP contribution is -2.33. The summed E-state index contributed by atoms with van der Waals surface area (Å²) in [6.45, 7) is 6.83. The molecule has 1 N–H and O–H groups in total. The van der Waals surface area contributed by atoms with E-state index in [0.29, 0.717) is 11.3 Å². The maximum Gasteiger partial charge on any atom is 0.338 e. The molecule has 29 heavy (non-hydrogen) atoms. The molecule has 0 aliphatic heterocycles. The third kappa shape index (κ3) is 5.42. The number of ether oxygens (including phenoxy) is 1. The molecule has 2 aromatic carbocycles. The quantitative estimate of drug-likeness (QED) is 0.698. The Bertz CT molecular complexity index is 998. The van der Waals surface area contributed by atoms with E-state index in [-0.39, 0.29) is 10.9 Å². The van der Waals surface area contributed by atoms with Crippen LogP contribution in [0.2, 0.25) is 0 Å². The van der Waals surface area contributed by atoms with Gasteiger partial charge in [0.2, 0.25) is 10.0 Å². The molecule has 0 aliphatic carbocycles. The van der Waals surface area contributed by atoms with Gasteiger partial charge in [0.25, 0.3) is 5.91 Å². The topological polar surface area (TPSA) is 92.8 Å². The van der Waals surface area contributed by atoms with E-state index in [1.165, 1.54) is 35.6 Å². The first-order chi connectivity index (χ1) is 13.5. The average molecular weight is 419 g/mol. The van der Waals surface area contributed by atoms with Crippen LogP contribution in [0.1, 0.15) is 35.3 Å². The number of anilines is 1. The Morgan fingerprint density at radius 3 is 2.28 bits per heavy atom. The van der Waals surface area contributed by atoms with Gasteiger partial charge in [-0.05, 0) is 69.2 Å². The number of hydrogen-bond acceptors (Lipinski definition) is 5. The van der Waals surface area contributed by atoms with E-state index in [2.05, 4.69) is 5.32 Å². The number of rotatable bonds is 7. The predicted octanol–water partition coefficient (Wildman–Crippen LogP) is 3.13. The molecule has 156 valence electrons. The van der Waals surface area contributed by atoms with Crippen molar-refractivity contribution in [3.63, 3.8) is 0 Å². The van der Waals surface area contributed by atoms with Gasteiger partial charge in [-0.1, -0.05) is 12.1 Å². The van der Waals surface area contributed by atoms with Gasteiger partial charge >= 0.3 is 5.97 Å². The molecule has 0 saturated carbocycles. The molecule has 2 aromatic rings. The Morgan fingerprint density at radius 2 is 1.69 bits per heavy atom. The Kier molecular flexibility index (Phi) is 7.16. The number of hydrogen-bond donors (Lipinski definition) is 1. The molecule has 0 atom stereocenters. The third-order valence-electron chi connectivity index (χ3n) is 4.70. The Morgan fingerprint density at radius 1 is 1.07 bits per heavy atom. The average Bonchev–Trinajstić information content (AvgIpc) is 2.68. The second-order valence-corrected chi connectivity index (χ2v) is 9.01. The van der Waals surface area contributed by atoms with Crippen LogP contribution in [0, 0.1) is 13.8 Å². The van der Waals surface area contributed by atoms with Crippen molar-refractivity contribution in [3.8, 4) is 0 Å². The summed E-state index contributed by atoms with van der Waals surface area (Å²) >= 11 is 0. The van der Waals surface area contributed by atoms with E-state index in [1.807, 2.05) is 19.9 Å². The van der Waals surface area contributed by atoms with Crippen molar-refractivity contribution < 1.29 is 22.7 Å². The first-order valence-corrected chi connectivity index (χ1v) is 10.6. The summed E-state index contributed by atoms with van der Waals surface area (Å²) in [5.41, 5.74) is 2.59. The second kappa shape index (κ2) is 9.19. The van der Waals surface area contributed by atoms with E-state index in [4.69, 9.17) is 4.74 Å². The molecular formula is C21H26N2O5S. The van der Waals surface area contributed by atoms with Gasteiger partial charge in [0.15, 0.2) is 6.61 Å². The molecule has 0 spiro atoms. The molecule has 0 fully saturated rings. The minimum atomic E-state index is -3.59. The Hall–Kier alpha value is -2.71. The summed E-state index contributed by atoms with van der Waals surface area (Å²) in [7, 11) is -2.08. The van der Waals surface area contributed by atoms with Gasteiger partial charge in [0.05, 0.1) is 10.5 Å². The van der Waals surface area contributed by atoms with Crippen LogP contribution in [0.4, 0.5) is 5.69 Å². The van der Waals surface area contributed by atoms with Gasteiger partial charge in [0.1, 0.15) is 0 Å². The molecular weight excluding hydrogens is 392 g/mol. The van der Waals surface area contributed by atoms with E-state index in [1.54, 1.807) is 26.0 Å². The number of carbonyl (C=O) groups excluding carboxylic acids is 2. The minimum Gasteiger partial charge on any atom is -0.452 e. The number of esters is 1. The van der Waals surface area contributed by atoms with Crippen LogP contribution in [0.25, 0.3) is 0 Å². The lowest BCUT2D eigenvalue weighted by atomic mass is 10.0. The van der Waals surface area contributed by atoms with Crippen molar-refractivity contribution in [3.05, 3.63) is 59.2 Å². The molecule has 7 nitrogen and oxygen atoms in total. The van der Waals surface area contributed by atoms with Gasteiger partial charge < -0.3 is 10.1 Å². The van der Waals surface area contributed by atoms with Crippen LogP contribution in [0.15, 0.2) is 47.4 Å². The Labute approximate surface area is 171 Å². The van der Waals surface area contributed by atoms with Crippen molar-refractivity contribution in [2.24, 2.45) is 0 Å². The van der Waals surface area contributed by atoms with Crippen LogP contribution in [-0.2, 0) is 19.6 Å². The number of carbonyl (C=O) groups is 2. The van der Waals surface area contributed by atoms with Crippen molar-refractivity contribution >= 4 is 27.6 Å². The summed E-state index contributed by atoms with van der Waals surface area (Å²) < 4.78 is 31.3. The van der Waals surface area contributed by atoms with Gasteiger partial charge in [-0.15, -0.1) is 0 Å². The largest absolute Gasteiger partial charge is 0.452 e. The molecule has 0 heterocycles. The van der Waals surface area contributed by atoms with Gasteiger partial charge in [-0.25, -0.2) is 13.2 Å². The predicted molar refractivity (Wildman–Crippen MR) is 111 cm³/mol. The summed E-state index contributed by atoms with van der Waals surface area (Å²) in [6, 6.07) is 10.9. The van der Waals surface area contributed by atoms with Crippen LogP contribution < -0.4 is 5.32 Å². The van der Waals surface area contributed by atoms with E-state index < -0.39 is 28.5 Å². The smallest absolute Gasteiger partial charge is 0.338 e. The van der Waals surface area contributed by atoms with E-state index in [0.717, 1.165) is 11.1 Å². The maximum absolute atomic E-state index is 12.5. The van der Waals surface area contributed by atoms with E-state index >= 15 is 0 Å². The van der Waals surface area contributed by atoms with Crippen LogP contribution >= 0.6 is 0 Å². The fraction of sp³-hybridized carbons (Fsp3) is 0.333. The van der Waals surface area contributed by atoms with Crippen LogP contribution in [-0.4, -0.2) is 44.3 Å². The standard InChI is InChI=1S/C21H26N2O5S/c1-14(2)23(5)29(26,27)18-11-9-17(10-12-18)22-20(24)13-28-21(25)19-8-6-7-15(3)16(19)4/h6-12,14H,13H2,1-5H3,(H,22,24). The summed E-state index contributed by atoms with van der Waals surface area (Å²) in [5.74, 6) is -1.09. The highest BCUT2D eigenvalue weighted by Gasteiger charge is 2.23. The molecule has 0 aromatic heterocycles. The number of nitrogens with one attached hydrogen (secondary N) is 1. The molecule has 2 rings (SSSR count). The highest BCUT2D eigenvalue weighted by molar-refractivity contribution is 7.89. The van der Waals surface area contributed by atoms with E-state index in [9.17, 15) is 18.0 Å². The maximum atomic E-state index is 12.5. The monoisotopic (exact) mass is 418 g/mol. The fourth-order valence-electron chi connectivity index (χ4n) is 2.53. The lowest BCUT2D eigenvalue weighted by molar-refractivity contribution is -0.119. The number of nitrogens with zero attached hydrogens (tertiary/aromatic N) is 1. The van der Waals surface area contributed by atoms with Crippen molar-refractivity contribution in [2.45, 2.75) is 38.6 Å². The second-order valence-electron chi connectivity index (χ2n) is 7.01. The Balaban J connectivity index is 1.98. The first-order valence-electron chi connectivity index (χ1n) is 9.15. The zero-order valence-electron chi connectivity index (χ0n) is 17.2. The van der Waals surface area contributed by atoms with Gasteiger partial charge in [-0.3, -0.25) is 4.79 Å². The SMILES string of the molecule is Cc1cccc(C(=O)OCC(=O)Nc2ccc(S(=O)(=O)N(C)C(C)C)cc2)c1C. The molecule has 8 heteroatoms. The van der Waals surface area contributed by atoms with Crippen LogP contribution in [0.3, 0.4) is 0 Å². The molecule has 0 bridgehead atoms. The number of aryl methyl sites for hydroxylation is 1. The highest BCUT2D eigenvalue weighted by Crippen LogP contribution is 2.19. The first kappa shape index (κ1) is 22.6. The lowest BCUT2D eigenvalue weighted by Gasteiger charge is -2.21. The van der Waals surface area contributed by atoms with Crippen molar-refractivity contribution in [1.29, 1.82) is 0 Å².